The predicted octanol–water partition coefficient (Wildman–Crippen LogP) is 3.90. The molecular formula is C19H15F5N2O3S. The number of aliphatic hydroxyl groups excluding tert-OH is 1. The van der Waals surface area contributed by atoms with Crippen molar-refractivity contribution in [2.75, 3.05) is 12.4 Å². The largest absolute Gasteiger partial charge is 0.417 e. The van der Waals surface area contributed by atoms with Crippen LogP contribution in [0, 0.1) is 17.6 Å². The van der Waals surface area contributed by atoms with Gasteiger partial charge in [-0.05, 0) is 24.1 Å². The topological polar surface area (TPSA) is 85.9 Å². The molecule has 0 spiro atoms. The normalized spacial score (nSPS) is 13.0. The molecule has 3 aromatic rings. The smallest absolute Gasteiger partial charge is 0.396 e. The first-order chi connectivity index (χ1) is 14.0. The van der Waals surface area contributed by atoms with Gasteiger partial charge in [-0.1, -0.05) is 6.92 Å². The highest BCUT2D eigenvalue weighted by Crippen LogP contribution is 2.46. The van der Waals surface area contributed by atoms with E-state index in [9.17, 15) is 36.6 Å². The first kappa shape index (κ1) is 22.0. The summed E-state index contributed by atoms with van der Waals surface area (Å²) in [5, 5.41) is 8.81. The molecule has 160 valence electrons. The Morgan fingerprint density at radius 3 is 2.43 bits per heavy atom. The van der Waals surface area contributed by atoms with Gasteiger partial charge in [0.05, 0.1) is 16.5 Å². The van der Waals surface area contributed by atoms with E-state index in [1.54, 1.807) is 6.92 Å². The second-order valence-corrected chi connectivity index (χ2v) is 7.71. The van der Waals surface area contributed by atoms with Crippen LogP contribution in [0.15, 0.2) is 38.8 Å². The van der Waals surface area contributed by atoms with Crippen molar-refractivity contribution in [3.05, 3.63) is 62.3 Å². The highest BCUT2D eigenvalue weighted by molar-refractivity contribution is 7.99. The van der Waals surface area contributed by atoms with Crippen molar-refractivity contribution in [3.63, 3.8) is 0 Å². The average Bonchev–Trinajstić information content (AvgIpc) is 2.64. The number of aliphatic hydroxyl groups is 1. The molecule has 2 aromatic carbocycles. The second-order valence-electron chi connectivity index (χ2n) is 6.68. The van der Waals surface area contributed by atoms with Crippen LogP contribution in [-0.2, 0) is 6.18 Å². The lowest BCUT2D eigenvalue weighted by atomic mass is 9.96. The molecule has 30 heavy (non-hydrogen) atoms. The molecule has 11 heteroatoms. The van der Waals surface area contributed by atoms with E-state index in [0.717, 1.165) is 23.9 Å². The highest BCUT2D eigenvalue weighted by atomic mass is 32.2. The number of alkyl halides is 3. The first-order valence-electron chi connectivity index (χ1n) is 8.62. The van der Waals surface area contributed by atoms with Gasteiger partial charge in [0.15, 0.2) is 0 Å². The Hall–Kier alpha value is -2.66. The Balaban J connectivity index is 2.48. The molecule has 3 rings (SSSR count). The molecule has 0 aliphatic carbocycles. The molecule has 0 aliphatic rings. The third kappa shape index (κ3) is 4.26. The Bertz CT molecular complexity index is 1220. The van der Waals surface area contributed by atoms with Crippen LogP contribution in [0.1, 0.15) is 12.5 Å². The summed E-state index contributed by atoms with van der Waals surface area (Å²) in [7, 11) is 0. The zero-order valence-corrected chi connectivity index (χ0v) is 16.2. The Kier molecular flexibility index (Phi) is 6.04. The molecule has 3 N–H and O–H groups in total. The summed E-state index contributed by atoms with van der Waals surface area (Å²) < 4.78 is 69.6. The van der Waals surface area contributed by atoms with Crippen LogP contribution < -0.4 is 11.2 Å². The zero-order valence-electron chi connectivity index (χ0n) is 15.4. The van der Waals surface area contributed by atoms with Gasteiger partial charge in [0.1, 0.15) is 11.6 Å². The number of fused-ring (bicyclic) bond motifs is 1. The number of benzene rings is 2. The minimum absolute atomic E-state index is 0.109. The van der Waals surface area contributed by atoms with E-state index >= 15 is 0 Å². The van der Waals surface area contributed by atoms with Crippen molar-refractivity contribution in [2.24, 2.45) is 5.92 Å². The zero-order chi connectivity index (χ0) is 22.2. The quantitative estimate of drug-likeness (QED) is 0.410. The molecule has 0 amide bonds. The van der Waals surface area contributed by atoms with Gasteiger partial charge in [0, 0.05) is 34.4 Å². The number of rotatable bonds is 5. The molecule has 1 unspecified atom stereocenters. The van der Waals surface area contributed by atoms with E-state index < -0.39 is 51.1 Å². The Morgan fingerprint density at radius 2 is 1.83 bits per heavy atom. The minimum atomic E-state index is -4.98. The van der Waals surface area contributed by atoms with Gasteiger partial charge in [0.2, 0.25) is 0 Å². The van der Waals surface area contributed by atoms with E-state index in [0.29, 0.717) is 12.1 Å². The van der Waals surface area contributed by atoms with Gasteiger partial charge in [0.25, 0.3) is 5.56 Å². The van der Waals surface area contributed by atoms with Crippen LogP contribution in [0.4, 0.5) is 22.0 Å². The number of thioether (sulfide) groups is 1. The van der Waals surface area contributed by atoms with Gasteiger partial charge in [-0.2, -0.15) is 13.2 Å². The number of nitrogens with one attached hydrogen (secondary N) is 2. The number of hydrogen-bond donors (Lipinski definition) is 3. The van der Waals surface area contributed by atoms with Crippen molar-refractivity contribution in [3.8, 4) is 11.1 Å². The number of H-pyrrole nitrogens is 2. The van der Waals surface area contributed by atoms with E-state index in [1.165, 1.54) is 0 Å². The summed E-state index contributed by atoms with van der Waals surface area (Å²) in [6.45, 7) is 1.37. The molecular weight excluding hydrogens is 431 g/mol. The van der Waals surface area contributed by atoms with Crippen LogP contribution in [0.25, 0.3) is 22.0 Å². The second kappa shape index (κ2) is 8.23. The number of hydrogen-bond acceptors (Lipinski definition) is 4. The molecule has 0 saturated carbocycles. The maximum absolute atomic E-state index is 14.5. The predicted molar refractivity (Wildman–Crippen MR) is 103 cm³/mol. The van der Waals surface area contributed by atoms with Crippen molar-refractivity contribution in [1.82, 2.24) is 9.97 Å². The fourth-order valence-electron chi connectivity index (χ4n) is 2.88. The van der Waals surface area contributed by atoms with Crippen LogP contribution in [0.3, 0.4) is 0 Å². The third-order valence-corrected chi connectivity index (χ3v) is 5.75. The van der Waals surface area contributed by atoms with Crippen LogP contribution in [-0.4, -0.2) is 27.4 Å². The maximum Gasteiger partial charge on any atom is 0.417 e. The van der Waals surface area contributed by atoms with Gasteiger partial charge < -0.3 is 10.1 Å². The lowest BCUT2D eigenvalue weighted by molar-refractivity contribution is -0.137. The van der Waals surface area contributed by atoms with Gasteiger partial charge in [-0.3, -0.25) is 9.78 Å². The number of halogens is 5. The number of aromatic amines is 2. The standard InChI is InChI=1S/C19H15F5N2O3S/c1-8(6-27)7-30-16-14(10-3-2-9(20)4-13(10)21)12(19(22,23)24)5-11-15(16)25-18(29)26-17(11)28/h2-5,8,27H,6-7H2,1H3,(H2,25,26,28,29). The third-order valence-electron chi connectivity index (χ3n) is 4.32. The fourth-order valence-corrected chi connectivity index (χ4v) is 4.11. The van der Waals surface area contributed by atoms with Crippen molar-refractivity contribution in [1.29, 1.82) is 0 Å². The minimum Gasteiger partial charge on any atom is -0.396 e. The average molecular weight is 446 g/mol. The van der Waals surface area contributed by atoms with Crippen LogP contribution >= 0.6 is 11.8 Å². The summed E-state index contributed by atoms with van der Waals surface area (Å²) >= 11 is 0.821. The van der Waals surface area contributed by atoms with Crippen molar-refractivity contribution >= 4 is 22.7 Å². The van der Waals surface area contributed by atoms with Crippen LogP contribution in [0.2, 0.25) is 0 Å². The maximum atomic E-state index is 14.5. The molecule has 1 aromatic heterocycles. The van der Waals surface area contributed by atoms with E-state index in [-0.39, 0.29) is 28.7 Å². The first-order valence-corrected chi connectivity index (χ1v) is 9.61. The lowest BCUT2D eigenvalue weighted by Crippen LogP contribution is -2.23. The van der Waals surface area contributed by atoms with E-state index in [4.69, 9.17) is 0 Å². The molecule has 0 saturated heterocycles. The summed E-state index contributed by atoms with van der Waals surface area (Å²) in [4.78, 5) is 27.9. The highest BCUT2D eigenvalue weighted by Gasteiger charge is 2.37. The molecule has 0 aliphatic heterocycles. The summed E-state index contributed by atoms with van der Waals surface area (Å²) in [6.07, 6.45) is -4.98. The van der Waals surface area contributed by atoms with E-state index in [2.05, 4.69) is 4.98 Å². The van der Waals surface area contributed by atoms with Crippen molar-refractivity contribution < 1.29 is 27.1 Å². The monoisotopic (exact) mass is 446 g/mol. The molecule has 1 atom stereocenters. The Morgan fingerprint density at radius 1 is 1.13 bits per heavy atom. The summed E-state index contributed by atoms with van der Waals surface area (Å²) in [5.41, 5.74) is -4.66. The van der Waals surface area contributed by atoms with Crippen molar-refractivity contribution in [2.45, 2.75) is 18.0 Å². The van der Waals surface area contributed by atoms with Gasteiger partial charge >= 0.3 is 11.9 Å². The molecule has 0 bridgehead atoms. The van der Waals surface area contributed by atoms with Gasteiger partial charge in [-0.15, -0.1) is 11.8 Å². The Labute approximate surface area is 170 Å². The molecule has 5 nitrogen and oxygen atoms in total. The number of aromatic nitrogens is 2. The lowest BCUT2D eigenvalue weighted by Gasteiger charge is -2.20. The molecule has 0 radical (unpaired) electrons. The van der Waals surface area contributed by atoms with Crippen LogP contribution in [0.5, 0.6) is 0 Å². The fraction of sp³-hybridized carbons (Fsp3) is 0.263. The van der Waals surface area contributed by atoms with Gasteiger partial charge in [-0.25, -0.2) is 13.6 Å². The molecule has 0 fully saturated rings. The summed E-state index contributed by atoms with van der Waals surface area (Å²) in [6, 6.07) is 2.66. The molecule has 1 heterocycles. The SMILES string of the molecule is CC(CO)CSc1c(-c2ccc(F)cc2F)c(C(F)(F)F)cc2c(=O)[nH]c(=O)[nH]c12. The van der Waals surface area contributed by atoms with E-state index in [1.807, 2.05) is 4.98 Å². The summed E-state index contributed by atoms with van der Waals surface area (Å²) in [5.74, 6) is -2.45.